The van der Waals surface area contributed by atoms with E-state index in [2.05, 4.69) is 10.6 Å². The van der Waals surface area contributed by atoms with Crippen LogP contribution in [0.4, 0.5) is 0 Å². The third kappa shape index (κ3) is 3.56. The molecule has 3 aliphatic rings. The number of methoxy groups -OCH3 is 1. The van der Waals surface area contributed by atoms with Gasteiger partial charge in [-0.1, -0.05) is 36.4 Å². The van der Waals surface area contributed by atoms with Crippen LogP contribution in [-0.4, -0.2) is 43.0 Å². The normalized spacial score (nSPS) is 25.2. The number of carbonyl (C=O) groups excluding carboxylic acids is 2. The highest BCUT2D eigenvalue weighted by Gasteiger charge is 2.46. The SMILES string of the molecule is COc1c(C(=O)N[C@H](C)c2ccccc2)ccc2c1[C@@H]1C[C@@H]3NCCC[C@@H]3C(=O)N1CC2. The second kappa shape index (κ2) is 8.58. The molecule has 0 aliphatic carbocycles. The molecule has 3 heterocycles. The zero-order valence-electron chi connectivity index (χ0n) is 18.8. The standard InChI is InChI=1S/C26H31N3O3/c1-16(17-7-4-3-5-8-17)28-25(30)20-11-10-18-12-14-29-22(23(18)24(20)32-2)15-21-19(26(29)31)9-6-13-27-21/h3-5,7-8,10-11,16,19,21-22,27H,6,9,12-15H2,1-2H3,(H,28,30)/t16-,19+,21+,22+/m1/s1. The van der Waals surface area contributed by atoms with Gasteiger partial charge in [-0.2, -0.15) is 0 Å². The van der Waals surface area contributed by atoms with Gasteiger partial charge in [0.15, 0.2) is 0 Å². The van der Waals surface area contributed by atoms with Gasteiger partial charge in [-0.3, -0.25) is 9.59 Å². The molecular formula is C26H31N3O3. The molecule has 0 aromatic heterocycles. The minimum Gasteiger partial charge on any atom is -0.496 e. The molecule has 6 heteroatoms. The monoisotopic (exact) mass is 433 g/mol. The maximum atomic E-state index is 13.3. The van der Waals surface area contributed by atoms with Crippen molar-refractivity contribution in [3.05, 3.63) is 64.7 Å². The number of benzene rings is 2. The average Bonchev–Trinajstić information content (AvgIpc) is 2.83. The number of ether oxygens (including phenoxy) is 1. The quantitative estimate of drug-likeness (QED) is 0.776. The van der Waals surface area contributed by atoms with Crippen molar-refractivity contribution in [1.29, 1.82) is 0 Å². The van der Waals surface area contributed by atoms with Crippen molar-refractivity contribution in [3.63, 3.8) is 0 Å². The summed E-state index contributed by atoms with van der Waals surface area (Å²) in [6.45, 7) is 3.68. The summed E-state index contributed by atoms with van der Waals surface area (Å²) in [5.74, 6) is 0.774. The van der Waals surface area contributed by atoms with Crippen LogP contribution in [0, 0.1) is 5.92 Å². The van der Waals surface area contributed by atoms with E-state index >= 15 is 0 Å². The summed E-state index contributed by atoms with van der Waals surface area (Å²) in [6, 6.07) is 13.9. The lowest BCUT2D eigenvalue weighted by Crippen LogP contribution is -2.57. The van der Waals surface area contributed by atoms with E-state index in [1.54, 1.807) is 7.11 Å². The topological polar surface area (TPSA) is 70.7 Å². The van der Waals surface area contributed by atoms with Gasteiger partial charge in [-0.05, 0) is 56.3 Å². The molecule has 3 aliphatic heterocycles. The van der Waals surface area contributed by atoms with Crippen LogP contribution in [0.1, 0.15) is 65.3 Å². The van der Waals surface area contributed by atoms with Crippen LogP contribution in [-0.2, 0) is 11.2 Å². The number of carbonyl (C=O) groups is 2. The van der Waals surface area contributed by atoms with Gasteiger partial charge in [-0.15, -0.1) is 0 Å². The number of nitrogens with one attached hydrogen (secondary N) is 2. The summed E-state index contributed by atoms with van der Waals surface area (Å²) in [6.07, 6.45) is 3.67. The van der Waals surface area contributed by atoms with Crippen molar-refractivity contribution < 1.29 is 14.3 Å². The van der Waals surface area contributed by atoms with Gasteiger partial charge in [-0.25, -0.2) is 0 Å². The minimum absolute atomic E-state index is 0.0488. The summed E-state index contributed by atoms with van der Waals surface area (Å²) in [5, 5.41) is 6.68. The first-order valence-corrected chi connectivity index (χ1v) is 11.7. The van der Waals surface area contributed by atoms with E-state index in [4.69, 9.17) is 4.74 Å². The summed E-state index contributed by atoms with van der Waals surface area (Å²) in [5.41, 5.74) is 3.77. The Morgan fingerprint density at radius 2 is 2.03 bits per heavy atom. The zero-order chi connectivity index (χ0) is 22.2. The fourth-order valence-electron chi connectivity index (χ4n) is 5.73. The van der Waals surface area contributed by atoms with Gasteiger partial charge in [0.2, 0.25) is 5.91 Å². The maximum Gasteiger partial charge on any atom is 0.255 e. The highest BCUT2D eigenvalue weighted by molar-refractivity contribution is 5.98. The van der Waals surface area contributed by atoms with Crippen LogP contribution in [0.5, 0.6) is 5.75 Å². The summed E-state index contributed by atoms with van der Waals surface area (Å²) in [7, 11) is 1.62. The van der Waals surface area contributed by atoms with Crippen molar-refractivity contribution in [1.82, 2.24) is 15.5 Å². The molecule has 2 aromatic rings. The second-order valence-electron chi connectivity index (χ2n) is 9.17. The summed E-state index contributed by atoms with van der Waals surface area (Å²) < 4.78 is 5.85. The first kappa shape index (κ1) is 21.0. The van der Waals surface area contributed by atoms with Crippen molar-refractivity contribution in [3.8, 4) is 5.75 Å². The molecule has 2 N–H and O–H groups in total. The zero-order valence-corrected chi connectivity index (χ0v) is 18.8. The first-order chi connectivity index (χ1) is 15.6. The molecule has 6 nitrogen and oxygen atoms in total. The van der Waals surface area contributed by atoms with Crippen LogP contribution >= 0.6 is 0 Å². The van der Waals surface area contributed by atoms with Crippen LogP contribution in [0.3, 0.4) is 0 Å². The summed E-state index contributed by atoms with van der Waals surface area (Å²) in [4.78, 5) is 28.6. The number of fused-ring (bicyclic) bond motifs is 4. The van der Waals surface area contributed by atoms with E-state index in [0.717, 1.165) is 49.9 Å². The second-order valence-corrected chi connectivity index (χ2v) is 9.17. The summed E-state index contributed by atoms with van der Waals surface area (Å²) >= 11 is 0. The fraction of sp³-hybridized carbons (Fsp3) is 0.462. The molecule has 2 fully saturated rings. The maximum absolute atomic E-state index is 13.3. The Balaban J connectivity index is 1.47. The van der Waals surface area contributed by atoms with Gasteiger partial charge < -0.3 is 20.3 Å². The third-order valence-corrected chi connectivity index (χ3v) is 7.38. The van der Waals surface area contributed by atoms with Crippen LogP contribution < -0.4 is 15.4 Å². The molecule has 32 heavy (non-hydrogen) atoms. The smallest absolute Gasteiger partial charge is 0.255 e. The first-order valence-electron chi connectivity index (χ1n) is 11.7. The predicted molar refractivity (Wildman–Crippen MR) is 123 cm³/mol. The predicted octanol–water partition coefficient (Wildman–Crippen LogP) is 3.38. The van der Waals surface area contributed by atoms with Gasteiger partial charge in [0, 0.05) is 18.2 Å². The molecular weight excluding hydrogens is 402 g/mol. The lowest BCUT2D eigenvalue weighted by atomic mass is 9.76. The molecule has 0 saturated carbocycles. The number of rotatable bonds is 4. The van der Waals surface area contributed by atoms with E-state index in [9.17, 15) is 9.59 Å². The van der Waals surface area contributed by atoms with Crippen molar-refractivity contribution in [2.45, 2.75) is 50.7 Å². The van der Waals surface area contributed by atoms with Gasteiger partial charge in [0.25, 0.3) is 5.91 Å². The number of nitrogens with zero attached hydrogens (tertiary/aromatic N) is 1. The molecule has 4 atom stereocenters. The Kier molecular flexibility index (Phi) is 5.64. The average molecular weight is 434 g/mol. The van der Waals surface area contributed by atoms with Gasteiger partial charge >= 0.3 is 0 Å². The lowest BCUT2D eigenvalue weighted by Gasteiger charge is -2.48. The Morgan fingerprint density at radius 1 is 1.22 bits per heavy atom. The Bertz CT molecular complexity index is 1020. The molecule has 0 radical (unpaired) electrons. The lowest BCUT2D eigenvalue weighted by molar-refractivity contribution is -0.145. The van der Waals surface area contributed by atoms with E-state index in [1.165, 1.54) is 5.56 Å². The van der Waals surface area contributed by atoms with E-state index in [1.807, 2.05) is 54.3 Å². The molecule has 0 unspecified atom stereocenters. The van der Waals surface area contributed by atoms with E-state index < -0.39 is 0 Å². The third-order valence-electron chi connectivity index (χ3n) is 7.38. The number of hydrogen-bond acceptors (Lipinski definition) is 4. The van der Waals surface area contributed by atoms with Crippen LogP contribution in [0.2, 0.25) is 0 Å². The molecule has 0 spiro atoms. The van der Waals surface area contributed by atoms with Crippen molar-refractivity contribution in [2.24, 2.45) is 5.92 Å². The van der Waals surface area contributed by atoms with Crippen LogP contribution in [0.25, 0.3) is 0 Å². The van der Waals surface area contributed by atoms with E-state index in [0.29, 0.717) is 11.3 Å². The molecule has 2 saturated heterocycles. The fourth-order valence-corrected chi connectivity index (χ4v) is 5.73. The molecule has 2 aromatic carbocycles. The van der Waals surface area contributed by atoms with Gasteiger partial charge in [0.1, 0.15) is 5.75 Å². The van der Waals surface area contributed by atoms with Gasteiger partial charge in [0.05, 0.1) is 30.7 Å². The molecule has 0 bridgehead atoms. The van der Waals surface area contributed by atoms with Crippen LogP contribution in [0.15, 0.2) is 42.5 Å². The molecule has 168 valence electrons. The Hall–Kier alpha value is -2.86. The van der Waals surface area contributed by atoms with Crippen molar-refractivity contribution in [2.75, 3.05) is 20.2 Å². The van der Waals surface area contributed by atoms with Crippen molar-refractivity contribution >= 4 is 11.8 Å². The van der Waals surface area contributed by atoms with E-state index in [-0.39, 0.29) is 35.9 Å². The number of piperidine rings is 2. The minimum atomic E-state index is -0.158. The molecule has 5 rings (SSSR count). The number of amides is 2. The Labute approximate surface area is 189 Å². The Morgan fingerprint density at radius 3 is 2.81 bits per heavy atom. The molecule has 2 amide bonds. The highest BCUT2D eigenvalue weighted by Crippen LogP contribution is 2.45. The number of hydrogen-bond donors (Lipinski definition) is 2. The highest BCUT2D eigenvalue weighted by atomic mass is 16.5. The largest absolute Gasteiger partial charge is 0.496 e.